The smallest absolute Gasteiger partial charge is 0.254 e. The van der Waals surface area contributed by atoms with E-state index in [2.05, 4.69) is 25.7 Å². The lowest BCUT2D eigenvalue weighted by Crippen LogP contribution is -2.61. The minimum absolute atomic E-state index is 0.0223. The zero-order valence-electron chi connectivity index (χ0n) is 19.2. The molecule has 0 saturated carbocycles. The number of aliphatic hydroxyl groups excluding tert-OH is 1. The second-order valence-electron chi connectivity index (χ2n) is 9.38. The second-order valence-corrected chi connectivity index (χ2v) is 10.2. The zero-order chi connectivity index (χ0) is 23.4. The van der Waals surface area contributed by atoms with Crippen molar-refractivity contribution in [2.75, 3.05) is 46.3 Å². The summed E-state index contributed by atoms with van der Waals surface area (Å²) in [6.45, 7) is 5.61. The number of halogens is 2. The maximum atomic E-state index is 13.5. The quantitative estimate of drug-likeness (QED) is 0.575. The van der Waals surface area contributed by atoms with Gasteiger partial charge in [-0.05, 0) is 71.6 Å². The first kappa shape index (κ1) is 24.3. The highest BCUT2D eigenvalue weighted by molar-refractivity contribution is 9.10. The third kappa shape index (κ3) is 6.21. The van der Waals surface area contributed by atoms with E-state index >= 15 is 0 Å². The Morgan fingerprint density at radius 3 is 2.48 bits per heavy atom. The number of likely N-dealkylation sites (N-methyl/N-ethyl adjacent to an activating group) is 1. The summed E-state index contributed by atoms with van der Waals surface area (Å²) in [6.07, 6.45) is 2.53. The molecule has 0 aromatic heterocycles. The van der Waals surface area contributed by atoms with Crippen LogP contribution in [0.1, 0.15) is 41.1 Å². The van der Waals surface area contributed by atoms with E-state index in [4.69, 9.17) is 0 Å². The molecule has 5 nitrogen and oxygen atoms in total. The summed E-state index contributed by atoms with van der Waals surface area (Å²) in [7, 11) is 1.84. The fraction of sp³-hybridized carbons (Fsp3) is 0.500. The normalized spacial score (nSPS) is 19.3. The predicted octanol–water partition coefficient (Wildman–Crippen LogP) is 3.98. The van der Waals surface area contributed by atoms with E-state index in [1.54, 1.807) is 4.90 Å². The molecule has 1 amide bonds. The van der Waals surface area contributed by atoms with Crippen molar-refractivity contribution in [1.29, 1.82) is 0 Å². The van der Waals surface area contributed by atoms with Crippen molar-refractivity contribution in [3.8, 4) is 0 Å². The van der Waals surface area contributed by atoms with Gasteiger partial charge in [0.2, 0.25) is 0 Å². The highest BCUT2D eigenvalue weighted by Gasteiger charge is 2.33. The van der Waals surface area contributed by atoms with Crippen molar-refractivity contribution in [1.82, 2.24) is 14.7 Å². The molecule has 0 spiro atoms. The molecule has 4 rings (SSSR count). The molecule has 2 aliphatic heterocycles. The van der Waals surface area contributed by atoms with Gasteiger partial charge in [0.1, 0.15) is 5.82 Å². The molecule has 2 aromatic rings. The second kappa shape index (κ2) is 11.1. The number of hydrogen-bond acceptors (Lipinski definition) is 4. The molecule has 0 aliphatic carbocycles. The van der Waals surface area contributed by atoms with Crippen LogP contribution in [0.4, 0.5) is 4.39 Å². The average molecular weight is 518 g/mol. The lowest BCUT2D eigenvalue weighted by molar-refractivity contribution is -0.00542. The van der Waals surface area contributed by atoms with Gasteiger partial charge in [-0.15, -0.1) is 0 Å². The molecule has 2 fully saturated rings. The Hall–Kier alpha value is -1.80. The third-order valence-corrected chi connectivity index (χ3v) is 7.73. The topological polar surface area (TPSA) is 47.0 Å². The van der Waals surface area contributed by atoms with E-state index in [9.17, 15) is 14.3 Å². The van der Waals surface area contributed by atoms with Crippen molar-refractivity contribution >= 4 is 21.8 Å². The minimum Gasteiger partial charge on any atom is -0.393 e. The number of likely N-dealkylation sites (tertiary alicyclic amines) is 2. The number of hydrogen-bond donors (Lipinski definition) is 1. The Balaban J connectivity index is 1.35. The largest absolute Gasteiger partial charge is 0.393 e. The first-order valence-electron chi connectivity index (χ1n) is 11.8. The van der Waals surface area contributed by atoms with Crippen LogP contribution in [0.3, 0.4) is 0 Å². The van der Waals surface area contributed by atoms with Crippen LogP contribution in [-0.2, 0) is 0 Å². The number of rotatable bonds is 8. The Morgan fingerprint density at radius 1 is 1.15 bits per heavy atom. The SMILES string of the molecule is CN(CC(CCN1CC(N2CCC(O)CC2)C1)c1ccc(F)cc1)C(=O)c1ccccc1Br. The fourth-order valence-electron chi connectivity index (χ4n) is 4.90. The Bertz CT molecular complexity index is 927. The number of aliphatic hydroxyl groups is 1. The van der Waals surface area contributed by atoms with Crippen LogP contribution in [0.2, 0.25) is 0 Å². The Morgan fingerprint density at radius 2 is 1.82 bits per heavy atom. The number of carbonyl (C=O) groups is 1. The molecule has 0 bridgehead atoms. The lowest BCUT2D eigenvalue weighted by Gasteiger charge is -2.47. The van der Waals surface area contributed by atoms with Gasteiger partial charge < -0.3 is 14.9 Å². The molecule has 178 valence electrons. The van der Waals surface area contributed by atoms with Gasteiger partial charge in [-0.2, -0.15) is 0 Å². The van der Waals surface area contributed by atoms with Crippen LogP contribution in [0.5, 0.6) is 0 Å². The summed E-state index contributed by atoms with van der Waals surface area (Å²) >= 11 is 3.48. The fourth-order valence-corrected chi connectivity index (χ4v) is 5.35. The van der Waals surface area contributed by atoms with Crippen molar-refractivity contribution in [2.45, 2.75) is 37.3 Å². The van der Waals surface area contributed by atoms with Crippen LogP contribution in [0, 0.1) is 5.82 Å². The Kier molecular flexibility index (Phi) is 8.17. The first-order valence-corrected chi connectivity index (χ1v) is 12.6. The monoisotopic (exact) mass is 517 g/mol. The highest BCUT2D eigenvalue weighted by Crippen LogP contribution is 2.26. The van der Waals surface area contributed by atoms with Crippen LogP contribution >= 0.6 is 15.9 Å². The van der Waals surface area contributed by atoms with Crippen LogP contribution < -0.4 is 0 Å². The van der Waals surface area contributed by atoms with Gasteiger partial charge >= 0.3 is 0 Å². The minimum atomic E-state index is -0.243. The molecule has 2 saturated heterocycles. The van der Waals surface area contributed by atoms with Gasteiger partial charge in [0.25, 0.3) is 5.91 Å². The van der Waals surface area contributed by atoms with Crippen molar-refractivity contribution in [2.24, 2.45) is 0 Å². The summed E-state index contributed by atoms with van der Waals surface area (Å²) in [4.78, 5) is 19.8. The van der Waals surface area contributed by atoms with E-state index in [-0.39, 0.29) is 23.7 Å². The predicted molar refractivity (Wildman–Crippen MR) is 132 cm³/mol. The highest BCUT2D eigenvalue weighted by atomic mass is 79.9. The third-order valence-electron chi connectivity index (χ3n) is 7.03. The molecule has 2 aromatic carbocycles. The van der Waals surface area contributed by atoms with Crippen molar-refractivity contribution in [3.63, 3.8) is 0 Å². The molecule has 1 N–H and O–H groups in total. The van der Waals surface area contributed by atoms with Crippen LogP contribution in [-0.4, -0.2) is 84.2 Å². The summed E-state index contributed by atoms with van der Waals surface area (Å²) in [6, 6.07) is 14.7. The molecule has 1 unspecified atom stereocenters. The average Bonchev–Trinajstić information content (AvgIpc) is 2.78. The molecule has 0 radical (unpaired) electrons. The van der Waals surface area contributed by atoms with Gasteiger partial charge in [-0.25, -0.2) is 4.39 Å². The number of amides is 1. The van der Waals surface area contributed by atoms with Gasteiger partial charge in [0.15, 0.2) is 0 Å². The van der Waals surface area contributed by atoms with Gasteiger partial charge in [0, 0.05) is 56.2 Å². The number of benzene rings is 2. The summed E-state index contributed by atoms with van der Waals surface area (Å²) in [5, 5.41) is 9.73. The first-order chi connectivity index (χ1) is 15.9. The number of carbonyl (C=O) groups excluding carboxylic acids is 1. The van der Waals surface area contributed by atoms with Gasteiger partial charge in [-0.1, -0.05) is 24.3 Å². The van der Waals surface area contributed by atoms with E-state index in [0.717, 1.165) is 62.0 Å². The van der Waals surface area contributed by atoms with Crippen LogP contribution in [0.15, 0.2) is 53.0 Å². The van der Waals surface area contributed by atoms with E-state index in [1.807, 2.05) is 43.4 Å². The van der Waals surface area contributed by atoms with Crippen LogP contribution in [0.25, 0.3) is 0 Å². The molecular formula is C26H33BrFN3O2. The molecule has 7 heteroatoms. The van der Waals surface area contributed by atoms with E-state index < -0.39 is 0 Å². The standard InChI is InChI=1S/C26H33BrFN3O2/c1-29(26(33)24-4-2-3-5-25(24)27)16-20(19-6-8-21(28)9-7-19)10-13-30-17-22(18-30)31-14-11-23(32)12-15-31/h2-9,20,22-23,32H,10-18H2,1H3. The Labute approximate surface area is 204 Å². The summed E-state index contributed by atoms with van der Waals surface area (Å²) < 4.78 is 14.3. The van der Waals surface area contributed by atoms with Gasteiger partial charge in [0.05, 0.1) is 11.7 Å². The molecule has 2 aliphatic rings. The lowest BCUT2D eigenvalue weighted by atomic mass is 9.93. The number of piperidine rings is 1. The van der Waals surface area contributed by atoms with Crippen molar-refractivity contribution in [3.05, 3.63) is 69.9 Å². The molecular weight excluding hydrogens is 485 g/mol. The summed E-state index contributed by atoms with van der Waals surface area (Å²) in [5.74, 6) is -0.135. The van der Waals surface area contributed by atoms with E-state index in [0.29, 0.717) is 18.2 Å². The van der Waals surface area contributed by atoms with Crippen molar-refractivity contribution < 1.29 is 14.3 Å². The number of nitrogens with zero attached hydrogens (tertiary/aromatic N) is 3. The molecule has 2 heterocycles. The molecule has 1 atom stereocenters. The zero-order valence-corrected chi connectivity index (χ0v) is 20.8. The van der Waals surface area contributed by atoms with E-state index in [1.165, 1.54) is 12.1 Å². The maximum Gasteiger partial charge on any atom is 0.254 e. The summed E-state index contributed by atoms with van der Waals surface area (Å²) in [5.41, 5.74) is 1.71. The van der Waals surface area contributed by atoms with Gasteiger partial charge in [-0.3, -0.25) is 9.69 Å². The molecule has 33 heavy (non-hydrogen) atoms. The maximum absolute atomic E-state index is 13.5.